The van der Waals surface area contributed by atoms with Crippen LogP contribution < -0.4 is 4.74 Å². The molecule has 0 aromatic heterocycles. The normalized spacial score (nSPS) is 11.9. The number of rotatable bonds is 4. The Balaban J connectivity index is 2.49. The van der Waals surface area contributed by atoms with E-state index in [1.165, 1.54) is 0 Å². The molecule has 0 aliphatic rings. The summed E-state index contributed by atoms with van der Waals surface area (Å²) in [6.45, 7) is 3.82. The predicted octanol–water partition coefficient (Wildman–Crippen LogP) is 2.02. The second-order valence-electron chi connectivity index (χ2n) is 2.83. The van der Waals surface area contributed by atoms with Crippen LogP contribution in [0.25, 0.3) is 0 Å². The molecule has 0 spiro atoms. The van der Waals surface area contributed by atoms with Gasteiger partial charge in [-0.15, -0.1) is 0 Å². The fourth-order valence-electron chi connectivity index (χ4n) is 1.01. The van der Waals surface area contributed by atoms with E-state index < -0.39 is 6.10 Å². The van der Waals surface area contributed by atoms with Crippen LogP contribution in [-0.2, 0) is 9.53 Å². The molecular formula is C11H14O3. The molecule has 0 heterocycles. The number of carbonyl (C=O) groups is 1. The van der Waals surface area contributed by atoms with Gasteiger partial charge < -0.3 is 9.47 Å². The predicted molar refractivity (Wildman–Crippen MR) is 53.2 cm³/mol. The first kappa shape index (κ1) is 10.6. The van der Waals surface area contributed by atoms with Gasteiger partial charge in [0.1, 0.15) is 5.75 Å². The van der Waals surface area contributed by atoms with E-state index in [0.29, 0.717) is 12.4 Å². The van der Waals surface area contributed by atoms with Crippen LogP contribution in [0, 0.1) is 0 Å². The van der Waals surface area contributed by atoms with Crippen LogP contribution in [0.2, 0.25) is 0 Å². The van der Waals surface area contributed by atoms with Crippen molar-refractivity contribution in [2.24, 2.45) is 0 Å². The smallest absolute Gasteiger partial charge is 0.347 e. The van der Waals surface area contributed by atoms with Crippen molar-refractivity contribution in [1.82, 2.24) is 0 Å². The van der Waals surface area contributed by atoms with Gasteiger partial charge in [-0.1, -0.05) is 18.2 Å². The number of carbonyl (C=O) groups excluding carboxylic acids is 1. The Morgan fingerprint density at radius 2 is 2.00 bits per heavy atom. The Morgan fingerprint density at radius 3 is 2.57 bits per heavy atom. The van der Waals surface area contributed by atoms with E-state index in [9.17, 15) is 4.79 Å². The second-order valence-corrected chi connectivity index (χ2v) is 2.83. The molecule has 0 aliphatic heterocycles. The van der Waals surface area contributed by atoms with Crippen LogP contribution in [-0.4, -0.2) is 18.7 Å². The summed E-state index contributed by atoms with van der Waals surface area (Å²) in [5, 5.41) is 0. The van der Waals surface area contributed by atoms with Gasteiger partial charge in [0.05, 0.1) is 6.61 Å². The van der Waals surface area contributed by atoms with Crippen molar-refractivity contribution in [3.05, 3.63) is 30.3 Å². The highest BCUT2D eigenvalue weighted by Crippen LogP contribution is 2.11. The molecule has 76 valence electrons. The van der Waals surface area contributed by atoms with Crippen LogP contribution in [0.15, 0.2) is 30.3 Å². The fourth-order valence-corrected chi connectivity index (χ4v) is 1.01. The molecule has 1 aromatic rings. The highest BCUT2D eigenvalue weighted by atomic mass is 16.6. The number of hydrogen-bond acceptors (Lipinski definition) is 3. The van der Waals surface area contributed by atoms with Crippen molar-refractivity contribution >= 4 is 5.97 Å². The zero-order valence-corrected chi connectivity index (χ0v) is 8.40. The van der Waals surface area contributed by atoms with E-state index in [4.69, 9.17) is 9.47 Å². The van der Waals surface area contributed by atoms with Crippen molar-refractivity contribution in [3.8, 4) is 5.75 Å². The Bertz CT molecular complexity index is 282. The maximum Gasteiger partial charge on any atom is 0.347 e. The molecule has 0 aliphatic carbocycles. The maximum atomic E-state index is 11.2. The van der Waals surface area contributed by atoms with Crippen molar-refractivity contribution in [2.75, 3.05) is 6.61 Å². The summed E-state index contributed by atoms with van der Waals surface area (Å²) in [6, 6.07) is 9.20. The first-order valence-corrected chi connectivity index (χ1v) is 4.62. The van der Waals surface area contributed by atoms with Gasteiger partial charge in [-0.3, -0.25) is 0 Å². The zero-order chi connectivity index (χ0) is 10.4. The van der Waals surface area contributed by atoms with Gasteiger partial charge in [0.25, 0.3) is 0 Å². The second kappa shape index (κ2) is 5.27. The lowest BCUT2D eigenvalue weighted by atomic mass is 10.3. The molecule has 0 bridgehead atoms. The molecule has 0 saturated heterocycles. The SMILES string of the molecule is CCOC(=O)[C@@H](C)Oc1ccccc1. The minimum Gasteiger partial charge on any atom is -0.479 e. The Hall–Kier alpha value is -1.51. The Kier molecular flexibility index (Phi) is 3.98. The first-order chi connectivity index (χ1) is 6.74. The molecule has 3 heteroatoms. The van der Waals surface area contributed by atoms with Gasteiger partial charge in [-0.25, -0.2) is 4.79 Å². The maximum absolute atomic E-state index is 11.2. The van der Waals surface area contributed by atoms with Gasteiger partial charge in [-0.2, -0.15) is 0 Å². The molecule has 14 heavy (non-hydrogen) atoms. The molecule has 0 N–H and O–H groups in total. The monoisotopic (exact) mass is 194 g/mol. The third kappa shape index (κ3) is 3.09. The molecule has 3 nitrogen and oxygen atoms in total. The number of benzene rings is 1. The lowest BCUT2D eigenvalue weighted by Gasteiger charge is -2.12. The molecule has 0 amide bonds. The van der Waals surface area contributed by atoms with Crippen LogP contribution in [0.3, 0.4) is 0 Å². The number of ether oxygens (including phenoxy) is 2. The quantitative estimate of drug-likeness (QED) is 0.688. The van der Waals surface area contributed by atoms with Crippen molar-refractivity contribution in [3.63, 3.8) is 0 Å². The molecule has 0 fully saturated rings. The summed E-state index contributed by atoms with van der Waals surface area (Å²) in [5.74, 6) is 0.337. The van der Waals surface area contributed by atoms with E-state index >= 15 is 0 Å². The summed E-state index contributed by atoms with van der Waals surface area (Å²) >= 11 is 0. The summed E-state index contributed by atoms with van der Waals surface area (Å²) in [5.41, 5.74) is 0. The van der Waals surface area contributed by atoms with E-state index in [1.54, 1.807) is 26.0 Å². The molecule has 1 aromatic carbocycles. The first-order valence-electron chi connectivity index (χ1n) is 4.62. The van der Waals surface area contributed by atoms with Gasteiger partial charge >= 0.3 is 5.97 Å². The minimum absolute atomic E-state index is 0.337. The number of para-hydroxylation sites is 1. The van der Waals surface area contributed by atoms with Crippen molar-refractivity contribution in [1.29, 1.82) is 0 Å². The summed E-state index contributed by atoms with van der Waals surface area (Å²) in [4.78, 5) is 11.2. The summed E-state index contributed by atoms with van der Waals surface area (Å²) in [6.07, 6.45) is -0.558. The average molecular weight is 194 g/mol. The molecular weight excluding hydrogens is 180 g/mol. The van der Waals surface area contributed by atoms with Gasteiger partial charge in [0.2, 0.25) is 0 Å². The lowest BCUT2D eigenvalue weighted by molar-refractivity contribution is -0.150. The van der Waals surface area contributed by atoms with E-state index in [2.05, 4.69) is 0 Å². The van der Waals surface area contributed by atoms with E-state index in [-0.39, 0.29) is 5.97 Å². The Labute approximate surface area is 83.6 Å². The zero-order valence-electron chi connectivity index (χ0n) is 8.40. The van der Waals surface area contributed by atoms with Crippen molar-refractivity contribution in [2.45, 2.75) is 20.0 Å². The molecule has 0 saturated carbocycles. The third-order valence-electron chi connectivity index (χ3n) is 1.67. The largest absolute Gasteiger partial charge is 0.479 e. The van der Waals surface area contributed by atoms with Gasteiger partial charge in [-0.05, 0) is 26.0 Å². The van der Waals surface area contributed by atoms with Crippen LogP contribution in [0.1, 0.15) is 13.8 Å². The van der Waals surface area contributed by atoms with E-state index in [1.807, 2.05) is 18.2 Å². The van der Waals surface area contributed by atoms with Crippen LogP contribution in [0.5, 0.6) is 5.75 Å². The number of hydrogen-bond donors (Lipinski definition) is 0. The van der Waals surface area contributed by atoms with Crippen LogP contribution in [0.4, 0.5) is 0 Å². The standard InChI is InChI=1S/C11H14O3/c1-3-13-11(12)9(2)14-10-7-5-4-6-8-10/h4-9H,3H2,1-2H3/t9-/m1/s1. The highest BCUT2D eigenvalue weighted by Gasteiger charge is 2.14. The lowest BCUT2D eigenvalue weighted by Crippen LogP contribution is -2.25. The highest BCUT2D eigenvalue weighted by molar-refractivity contribution is 5.74. The van der Waals surface area contributed by atoms with Gasteiger partial charge in [0, 0.05) is 0 Å². The molecule has 1 rings (SSSR count). The average Bonchev–Trinajstić information content (AvgIpc) is 2.19. The molecule has 1 atom stereocenters. The van der Waals surface area contributed by atoms with Crippen molar-refractivity contribution < 1.29 is 14.3 Å². The van der Waals surface area contributed by atoms with Crippen LogP contribution >= 0.6 is 0 Å². The molecule has 0 unspecified atom stereocenters. The summed E-state index contributed by atoms with van der Waals surface area (Å²) in [7, 11) is 0. The minimum atomic E-state index is -0.558. The molecule has 0 radical (unpaired) electrons. The van der Waals surface area contributed by atoms with E-state index in [0.717, 1.165) is 0 Å². The Morgan fingerprint density at radius 1 is 1.36 bits per heavy atom. The summed E-state index contributed by atoms with van der Waals surface area (Å²) < 4.78 is 10.2. The topological polar surface area (TPSA) is 35.5 Å². The van der Waals surface area contributed by atoms with Gasteiger partial charge in [0.15, 0.2) is 6.10 Å². The fraction of sp³-hybridized carbons (Fsp3) is 0.364. The number of esters is 1. The third-order valence-corrected chi connectivity index (χ3v) is 1.67.